The van der Waals surface area contributed by atoms with Crippen molar-refractivity contribution in [2.75, 3.05) is 11.9 Å². The zero-order chi connectivity index (χ0) is 14.3. The molecule has 0 bridgehead atoms. The summed E-state index contributed by atoms with van der Waals surface area (Å²) in [6, 6.07) is 2.15. The number of pyridine rings is 1. The molecule has 2 aliphatic rings. The van der Waals surface area contributed by atoms with Crippen molar-refractivity contribution in [1.29, 1.82) is 0 Å². The average Bonchev–Trinajstić information content (AvgIpc) is 3.06. The van der Waals surface area contributed by atoms with Crippen molar-refractivity contribution in [3.63, 3.8) is 0 Å². The van der Waals surface area contributed by atoms with Crippen molar-refractivity contribution in [1.82, 2.24) is 4.98 Å². The van der Waals surface area contributed by atoms with E-state index in [-0.39, 0.29) is 0 Å². The van der Waals surface area contributed by atoms with Crippen molar-refractivity contribution in [2.24, 2.45) is 17.1 Å². The van der Waals surface area contributed by atoms with E-state index in [2.05, 4.69) is 25.2 Å². The van der Waals surface area contributed by atoms with E-state index in [1.807, 2.05) is 0 Å². The zero-order valence-corrected chi connectivity index (χ0v) is 13.1. The van der Waals surface area contributed by atoms with E-state index in [1.54, 1.807) is 0 Å². The Bertz CT molecular complexity index is 547. The number of anilines is 1. The molecule has 0 atom stereocenters. The van der Waals surface area contributed by atoms with Crippen LogP contribution in [0.4, 0.5) is 5.82 Å². The lowest BCUT2D eigenvalue weighted by atomic mass is 9.92. The number of aryl methyl sites for hydroxylation is 2. The smallest absolute Gasteiger partial charge is 0.136 e. The van der Waals surface area contributed by atoms with Gasteiger partial charge in [-0.3, -0.25) is 0 Å². The van der Waals surface area contributed by atoms with Gasteiger partial charge in [0, 0.05) is 12.2 Å². The largest absolute Gasteiger partial charge is 0.389 e. The number of nitrogens with two attached hydrogens (primary N) is 1. The van der Waals surface area contributed by atoms with Gasteiger partial charge in [-0.2, -0.15) is 0 Å². The highest BCUT2D eigenvalue weighted by atomic mass is 32.1. The number of nitrogens with one attached hydrogen (secondary N) is 1. The third-order valence-corrected chi connectivity index (χ3v) is 5.26. The number of nitrogens with zero attached hydrogens (tertiary/aromatic N) is 1. The maximum Gasteiger partial charge on any atom is 0.136 e. The molecule has 0 radical (unpaired) electrons. The van der Waals surface area contributed by atoms with Crippen LogP contribution in [0.25, 0.3) is 0 Å². The van der Waals surface area contributed by atoms with Crippen molar-refractivity contribution in [2.45, 2.75) is 46.0 Å². The fraction of sp³-hybridized carbons (Fsp3) is 0.625. The molecule has 1 aromatic rings. The Balaban J connectivity index is 1.83. The highest BCUT2D eigenvalue weighted by molar-refractivity contribution is 7.80. The van der Waals surface area contributed by atoms with Gasteiger partial charge in [-0.05, 0) is 55.1 Å². The molecule has 0 saturated heterocycles. The molecule has 0 aliphatic heterocycles. The summed E-state index contributed by atoms with van der Waals surface area (Å²) in [5, 5.41) is 3.53. The second kappa shape index (κ2) is 4.99. The third kappa shape index (κ3) is 2.41. The van der Waals surface area contributed by atoms with Crippen LogP contribution < -0.4 is 11.1 Å². The lowest BCUT2D eigenvalue weighted by Gasteiger charge is -2.21. The minimum Gasteiger partial charge on any atom is -0.389 e. The second-order valence-electron chi connectivity index (χ2n) is 6.58. The molecule has 0 unspecified atom stereocenters. The molecule has 3 rings (SSSR count). The first kappa shape index (κ1) is 13.8. The third-order valence-electron chi connectivity index (χ3n) is 5.04. The first-order valence-corrected chi connectivity index (χ1v) is 7.99. The Morgan fingerprint density at radius 2 is 2.20 bits per heavy atom. The van der Waals surface area contributed by atoms with Gasteiger partial charge in [0.2, 0.25) is 0 Å². The van der Waals surface area contributed by atoms with Crippen LogP contribution in [0.3, 0.4) is 0 Å². The SMILES string of the molecule is CC(C)C1(CNc2nc3c(cc2C(N)=S)CCC3)CC1. The molecule has 1 saturated carbocycles. The summed E-state index contributed by atoms with van der Waals surface area (Å²) in [6.45, 7) is 5.59. The van der Waals surface area contributed by atoms with E-state index in [1.165, 1.54) is 30.5 Å². The summed E-state index contributed by atoms with van der Waals surface area (Å²) in [7, 11) is 0. The molecule has 1 fully saturated rings. The average molecular weight is 289 g/mol. The van der Waals surface area contributed by atoms with Gasteiger partial charge in [0.25, 0.3) is 0 Å². The molecule has 20 heavy (non-hydrogen) atoms. The standard InChI is InChI=1S/C16H23N3S/c1-10(2)16(6-7-16)9-18-15-12(14(17)20)8-11-4-3-5-13(11)19-15/h8,10H,3-7,9H2,1-2H3,(H2,17,20)(H,18,19). The van der Waals surface area contributed by atoms with Gasteiger partial charge in [-0.1, -0.05) is 26.1 Å². The van der Waals surface area contributed by atoms with E-state index in [0.717, 1.165) is 30.8 Å². The molecule has 3 N–H and O–H groups in total. The van der Waals surface area contributed by atoms with E-state index in [4.69, 9.17) is 22.9 Å². The van der Waals surface area contributed by atoms with E-state index >= 15 is 0 Å². The molecule has 2 aliphatic carbocycles. The van der Waals surface area contributed by atoms with Crippen molar-refractivity contribution >= 4 is 23.0 Å². The molecule has 0 amide bonds. The fourth-order valence-electron chi connectivity index (χ4n) is 3.17. The van der Waals surface area contributed by atoms with Gasteiger partial charge < -0.3 is 11.1 Å². The van der Waals surface area contributed by atoms with Gasteiger partial charge in [-0.25, -0.2) is 4.98 Å². The first-order chi connectivity index (χ1) is 9.52. The van der Waals surface area contributed by atoms with E-state index in [0.29, 0.717) is 16.3 Å². The Hall–Kier alpha value is -1.16. The number of rotatable bonds is 5. The zero-order valence-electron chi connectivity index (χ0n) is 12.3. The van der Waals surface area contributed by atoms with Gasteiger partial charge in [0.15, 0.2) is 0 Å². The maximum absolute atomic E-state index is 5.87. The summed E-state index contributed by atoms with van der Waals surface area (Å²) in [6.07, 6.45) is 6.00. The van der Waals surface area contributed by atoms with Crippen molar-refractivity contribution < 1.29 is 0 Å². The number of fused-ring (bicyclic) bond motifs is 1. The quantitative estimate of drug-likeness (QED) is 0.818. The predicted octanol–water partition coefficient (Wildman–Crippen LogP) is 3.05. The summed E-state index contributed by atoms with van der Waals surface area (Å²) >= 11 is 5.19. The molecule has 0 aromatic carbocycles. The predicted molar refractivity (Wildman–Crippen MR) is 87.1 cm³/mol. The minimum atomic E-state index is 0.448. The number of hydrogen-bond acceptors (Lipinski definition) is 3. The molecule has 0 spiro atoms. The van der Waals surface area contributed by atoms with Crippen molar-refractivity contribution in [3.05, 3.63) is 22.9 Å². The number of aromatic nitrogens is 1. The van der Waals surface area contributed by atoms with Gasteiger partial charge >= 0.3 is 0 Å². The van der Waals surface area contributed by atoms with Crippen LogP contribution >= 0.6 is 12.2 Å². The van der Waals surface area contributed by atoms with E-state index < -0.39 is 0 Å². The summed E-state index contributed by atoms with van der Waals surface area (Å²) < 4.78 is 0. The van der Waals surface area contributed by atoms with Crippen LogP contribution in [-0.2, 0) is 12.8 Å². The second-order valence-corrected chi connectivity index (χ2v) is 7.02. The molecule has 3 nitrogen and oxygen atoms in total. The maximum atomic E-state index is 5.87. The lowest BCUT2D eigenvalue weighted by molar-refractivity contribution is 0.380. The van der Waals surface area contributed by atoms with Crippen LogP contribution in [0.15, 0.2) is 6.07 Å². The Labute approximate surface area is 126 Å². The Kier molecular flexibility index (Phi) is 3.44. The number of hydrogen-bond donors (Lipinski definition) is 2. The highest BCUT2D eigenvalue weighted by Crippen LogP contribution is 2.51. The lowest BCUT2D eigenvalue weighted by Crippen LogP contribution is -2.23. The van der Waals surface area contributed by atoms with Crippen LogP contribution in [0.1, 0.15) is 49.9 Å². The van der Waals surface area contributed by atoms with Crippen LogP contribution in [-0.4, -0.2) is 16.5 Å². The number of thiocarbonyl (C=S) groups is 1. The van der Waals surface area contributed by atoms with Crippen LogP contribution in [0.5, 0.6) is 0 Å². The van der Waals surface area contributed by atoms with Gasteiger partial charge in [0.05, 0.1) is 5.56 Å². The topological polar surface area (TPSA) is 50.9 Å². The van der Waals surface area contributed by atoms with E-state index in [9.17, 15) is 0 Å². The fourth-order valence-corrected chi connectivity index (χ4v) is 3.33. The molecule has 1 aromatic heterocycles. The normalized spacial score (nSPS) is 18.9. The minimum absolute atomic E-state index is 0.448. The monoisotopic (exact) mass is 289 g/mol. The molecule has 4 heteroatoms. The van der Waals surface area contributed by atoms with Crippen LogP contribution in [0, 0.1) is 11.3 Å². The Morgan fingerprint density at radius 3 is 2.80 bits per heavy atom. The Morgan fingerprint density at radius 1 is 1.45 bits per heavy atom. The summed E-state index contributed by atoms with van der Waals surface area (Å²) in [4.78, 5) is 5.23. The van der Waals surface area contributed by atoms with Gasteiger partial charge in [0.1, 0.15) is 10.8 Å². The van der Waals surface area contributed by atoms with Crippen molar-refractivity contribution in [3.8, 4) is 0 Å². The highest BCUT2D eigenvalue weighted by Gasteiger charge is 2.45. The molecular formula is C16H23N3S. The molecule has 1 heterocycles. The molecular weight excluding hydrogens is 266 g/mol. The summed E-state index contributed by atoms with van der Waals surface area (Å²) in [5.74, 6) is 1.60. The molecule has 108 valence electrons. The first-order valence-electron chi connectivity index (χ1n) is 7.58. The summed E-state index contributed by atoms with van der Waals surface area (Å²) in [5.41, 5.74) is 9.79. The van der Waals surface area contributed by atoms with Gasteiger partial charge in [-0.15, -0.1) is 0 Å². The van der Waals surface area contributed by atoms with Crippen LogP contribution in [0.2, 0.25) is 0 Å².